The van der Waals surface area contributed by atoms with Gasteiger partial charge < -0.3 is 5.11 Å². The van der Waals surface area contributed by atoms with Crippen molar-refractivity contribution in [1.82, 2.24) is 0 Å². The molecule has 0 aliphatic carbocycles. The molecule has 0 aliphatic rings. The molecule has 0 aromatic heterocycles. The maximum Gasteiger partial charge on any atom is 0.300 e. The van der Waals surface area contributed by atoms with Gasteiger partial charge in [-0.1, -0.05) is 30.3 Å². The molecule has 0 spiro atoms. The first-order valence-corrected chi connectivity index (χ1v) is 3.70. The van der Waals surface area contributed by atoms with Gasteiger partial charge in [0.25, 0.3) is 5.97 Å². The van der Waals surface area contributed by atoms with E-state index < -0.39 is 5.97 Å². The SMILES string of the molecule is CC(=O)O.Pc1ccccc1.[Pd]. The van der Waals surface area contributed by atoms with Gasteiger partial charge in [-0.15, -0.1) is 9.24 Å². The fourth-order valence-corrected chi connectivity index (χ4v) is 0.675. The van der Waals surface area contributed by atoms with Crippen molar-refractivity contribution in [2.45, 2.75) is 6.92 Å². The Bertz CT molecular complexity index is 210. The summed E-state index contributed by atoms with van der Waals surface area (Å²) in [7, 11) is 2.63. The van der Waals surface area contributed by atoms with Crippen molar-refractivity contribution in [2.24, 2.45) is 0 Å². The Kier molecular flexibility index (Phi) is 10.6. The zero-order chi connectivity index (χ0) is 8.69. The van der Waals surface area contributed by atoms with Gasteiger partial charge in [-0.3, -0.25) is 4.79 Å². The second-order valence-electron chi connectivity index (χ2n) is 1.93. The van der Waals surface area contributed by atoms with E-state index >= 15 is 0 Å². The van der Waals surface area contributed by atoms with E-state index in [1.807, 2.05) is 30.3 Å². The number of aliphatic carboxylic acids is 1. The first-order valence-electron chi connectivity index (χ1n) is 3.13. The first kappa shape index (κ1) is 14.3. The summed E-state index contributed by atoms with van der Waals surface area (Å²) >= 11 is 0. The summed E-state index contributed by atoms with van der Waals surface area (Å²) in [4.78, 5) is 9.00. The minimum atomic E-state index is -0.833. The van der Waals surface area contributed by atoms with Gasteiger partial charge >= 0.3 is 0 Å². The zero-order valence-corrected chi connectivity index (χ0v) is 9.35. The van der Waals surface area contributed by atoms with Gasteiger partial charge in [-0.05, 0) is 5.30 Å². The Hall–Kier alpha value is -0.218. The van der Waals surface area contributed by atoms with E-state index in [-0.39, 0.29) is 20.4 Å². The molecule has 0 radical (unpaired) electrons. The number of hydrogen-bond acceptors (Lipinski definition) is 1. The van der Waals surface area contributed by atoms with Gasteiger partial charge in [0.1, 0.15) is 0 Å². The molecule has 4 heteroatoms. The molecule has 0 saturated carbocycles. The maximum atomic E-state index is 9.00. The third kappa shape index (κ3) is 12.5. The molecule has 1 N–H and O–H groups in total. The van der Waals surface area contributed by atoms with Crippen LogP contribution in [0.3, 0.4) is 0 Å². The summed E-state index contributed by atoms with van der Waals surface area (Å²) in [5.41, 5.74) is 0. The quantitative estimate of drug-likeness (QED) is 0.572. The van der Waals surface area contributed by atoms with Crippen LogP contribution in [0.5, 0.6) is 0 Å². The topological polar surface area (TPSA) is 37.3 Å². The predicted octanol–water partition coefficient (Wildman–Crippen LogP) is 1.28. The Morgan fingerprint density at radius 2 is 1.67 bits per heavy atom. The Labute approximate surface area is 88.2 Å². The predicted molar refractivity (Wildman–Crippen MR) is 49.1 cm³/mol. The third-order valence-electron chi connectivity index (χ3n) is 0.800. The molecule has 1 unspecified atom stereocenters. The molecule has 12 heavy (non-hydrogen) atoms. The molecular weight excluding hydrogens is 265 g/mol. The van der Waals surface area contributed by atoms with E-state index in [1.165, 1.54) is 5.30 Å². The Balaban J connectivity index is 0. The molecule has 1 atom stereocenters. The summed E-state index contributed by atoms with van der Waals surface area (Å²) in [6, 6.07) is 10.1. The first-order chi connectivity index (χ1) is 5.13. The largest absolute Gasteiger partial charge is 0.481 e. The van der Waals surface area contributed by atoms with E-state index in [0.717, 1.165) is 6.92 Å². The van der Waals surface area contributed by atoms with Crippen LogP contribution in [0.25, 0.3) is 0 Å². The number of benzene rings is 1. The number of carboxylic acids is 1. The van der Waals surface area contributed by atoms with E-state index in [0.29, 0.717) is 0 Å². The van der Waals surface area contributed by atoms with Crippen LogP contribution in [-0.4, -0.2) is 11.1 Å². The van der Waals surface area contributed by atoms with Gasteiger partial charge in [0.15, 0.2) is 0 Å². The summed E-state index contributed by atoms with van der Waals surface area (Å²) in [5, 5.41) is 8.66. The van der Waals surface area contributed by atoms with Crippen molar-refractivity contribution in [3.8, 4) is 0 Å². The molecule has 0 amide bonds. The number of rotatable bonds is 0. The average Bonchev–Trinajstić information content (AvgIpc) is 1.87. The van der Waals surface area contributed by atoms with Crippen molar-refractivity contribution in [2.75, 3.05) is 0 Å². The normalized spacial score (nSPS) is 7.17. The van der Waals surface area contributed by atoms with Crippen LogP contribution in [0.1, 0.15) is 6.92 Å². The summed E-state index contributed by atoms with van der Waals surface area (Å²) in [5.74, 6) is -0.833. The molecule has 0 aliphatic heterocycles. The van der Waals surface area contributed by atoms with Crippen LogP contribution in [-0.2, 0) is 25.2 Å². The van der Waals surface area contributed by atoms with Gasteiger partial charge in [0.05, 0.1) is 0 Å². The van der Waals surface area contributed by atoms with Gasteiger partial charge in [0, 0.05) is 27.3 Å². The second kappa shape index (κ2) is 8.88. The molecule has 0 fully saturated rings. The molecule has 1 aromatic carbocycles. The molecule has 70 valence electrons. The van der Waals surface area contributed by atoms with Crippen LogP contribution in [0.4, 0.5) is 0 Å². The molecular formula is C8H11O2PPd. The van der Waals surface area contributed by atoms with Crippen molar-refractivity contribution in [3.63, 3.8) is 0 Å². The van der Waals surface area contributed by atoms with Gasteiger partial charge in [-0.25, -0.2) is 0 Å². The van der Waals surface area contributed by atoms with Crippen molar-refractivity contribution in [1.29, 1.82) is 0 Å². The third-order valence-corrected chi connectivity index (χ3v) is 1.18. The van der Waals surface area contributed by atoms with E-state index in [1.54, 1.807) is 0 Å². The standard InChI is InChI=1S/C6H7P.C2H4O2.Pd/c7-6-4-2-1-3-5-6;1-2(3)4;/h1-5H,7H2;1H3,(H,3,4);. The summed E-state index contributed by atoms with van der Waals surface area (Å²) in [6.45, 7) is 1.08. The molecule has 0 heterocycles. The number of carbonyl (C=O) groups is 1. The van der Waals surface area contributed by atoms with Crippen LogP contribution >= 0.6 is 9.24 Å². The monoisotopic (exact) mass is 276 g/mol. The average molecular weight is 277 g/mol. The van der Waals surface area contributed by atoms with E-state index in [2.05, 4.69) is 9.24 Å². The summed E-state index contributed by atoms with van der Waals surface area (Å²) in [6.07, 6.45) is 0. The molecule has 1 aromatic rings. The van der Waals surface area contributed by atoms with E-state index in [4.69, 9.17) is 9.90 Å². The van der Waals surface area contributed by atoms with Crippen molar-refractivity contribution in [3.05, 3.63) is 30.3 Å². The fraction of sp³-hybridized carbons (Fsp3) is 0.125. The smallest absolute Gasteiger partial charge is 0.300 e. The number of carboxylic acid groups (broad SMARTS) is 1. The molecule has 0 bridgehead atoms. The second-order valence-corrected chi connectivity index (χ2v) is 2.60. The van der Waals surface area contributed by atoms with Crippen molar-refractivity contribution < 1.29 is 30.3 Å². The van der Waals surface area contributed by atoms with Gasteiger partial charge in [0.2, 0.25) is 0 Å². The van der Waals surface area contributed by atoms with E-state index in [9.17, 15) is 0 Å². The van der Waals surface area contributed by atoms with Crippen LogP contribution in [0.2, 0.25) is 0 Å². The molecule has 2 nitrogen and oxygen atoms in total. The summed E-state index contributed by atoms with van der Waals surface area (Å²) < 4.78 is 0. The van der Waals surface area contributed by atoms with Crippen LogP contribution < -0.4 is 5.30 Å². The zero-order valence-electron chi connectivity index (χ0n) is 6.64. The Morgan fingerprint density at radius 1 is 1.33 bits per heavy atom. The molecule has 1 rings (SSSR count). The maximum absolute atomic E-state index is 9.00. The minimum Gasteiger partial charge on any atom is -0.481 e. The van der Waals surface area contributed by atoms with Crippen LogP contribution in [0.15, 0.2) is 30.3 Å². The number of hydrogen-bond donors (Lipinski definition) is 1. The minimum absolute atomic E-state index is 0. The Morgan fingerprint density at radius 3 is 1.83 bits per heavy atom. The van der Waals surface area contributed by atoms with Gasteiger partial charge in [-0.2, -0.15) is 0 Å². The van der Waals surface area contributed by atoms with Crippen LogP contribution in [0, 0.1) is 0 Å². The fourth-order valence-electron chi connectivity index (χ4n) is 0.453. The van der Waals surface area contributed by atoms with Crippen molar-refractivity contribution >= 4 is 20.5 Å². The molecule has 0 saturated heterocycles.